The number of benzene rings is 2. The SMILES string of the molecule is Cc1ccc(C)c(S(=O)(=O)Nc2cccc(C(=O)NCC(=O)N(C)C)c2)c1. The van der Waals surface area contributed by atoms with E-state index in [2.05, 4.69) is 10.0 Å². The molecule has 2 rings (SSSR count). The standard InChI is InChI=1S/C19H23N3O4S/c1-13-8-9-14(2)17(10-13)27(25,26)21-16-7-5-6-15(11-16)19(24)20-12-18(23)22(3)4/h5-11,21H,12H2,1-4H3,(H,20,24). The Hall–Kier alpha value is -2.87. The highest BCUT2D eigenvalue weighted by molar-refractivity contribution is 7.92. The van der Waals surface area contributed by atoms with Crippen molar-refractivity contribution in [2.24, 2.45) is 0 Å². The van der Waals surface area contributed by atoms with Crippen molar-refractivity contribution in [3.05, 3.63) is 59.2 Å². The van der Waals surface area contributed by atoms with Gasteiger partial charge < -0.3 is 10.2 Å². The maximum absolute atomic E-state index is 12.7. The van der Waals surface area contributed by atoms with Gasteiger partial charge in [-0.3, -0.25) is 14.3 Å². The smallest absolute Gasteiger partial charge is 0.262 e. The summed E-state index contributed by atoms with van der Waals surface area (Å²) in [7, 11) is -0.600. The molecule has 8 heteroatoms. The van der Waals surface area contributed by atoms with Gasteiger partial charge in [0.2, 0.25) is 5.91 Å². The van der Waals surface area contributed by atoms with Gasteiger partial charge in [0.1, 0.15) is 0 Å². The van der Waals surface area contributed by atoms with Gasteiger partial charge in [-0.15, -0.1) is 0 Å². The Morgan fingerprint density at radius 1 is 1.04 bits per heavy atom. The van der Waals surface area contributed by atoms with Gasteiger partial charge in [0.05, 0.1) is 11.4 Å². The predicted octanol–water partition coefficient (Wildman–Crippen LogP) is 1.92. The third kappa shape index (κ3) is 5.30. The molecule has 2 amide bonds. The second-order valence-electron chi connectivity index (χ2n) is 6.43. The summed E-state index contributed by atoms with van der Waals surface area (Å²) in [5.41, 5.74) is 1.98. The number of aryl methyl sites for hydroxylation is 2. The van der Waals surface area contributed by atoms with Gasteiger partial charge in [0, 0.05) is 25.3 Å². The molecule has 0 bridgehead atoms. The molecule has 0 radical (unpaired) electrons. The van der Waals surface area contributed by atoms with Gasteiger partial charge in [-0.05, 0) is 49.2 Å². The molecule has 0 saturated heterocycles. The molecule has 0 aliphatic carbocycles. The number of amides is 2. The van der Waals surface area contributed by atoms with E-state index in [4.69, 9.17) is 0 Å². The van der Waals surface area contributed by atoms with Crippen molar-refractivity contribution >= 4 is 27.5 Å². The number of hydrogen-bond acceptors (Lipinski definition) is 4. The Morgan fingerprint density at radius 2 is 1.74 bits per heavy atom. The first-order valence-electron chi connectivity index (χ1n) is 8.28. The van der Waals surface area contributed by atoms with Crippen LogP contribution < -0.4 is 10.0 Å². The molecule has 7 nitrogen and oxygen atoms in total. The first kappa shape index (κ1) is 20.4. The molecule has 0 aliphatic rings. The van der Waals surface area contributed by atoms with E-state index in [1.54, 1.807) is 51.4 Å². The van der Waals surface area contributed by atoms with Crippen molar-refractivity contribution < 1.29 is 18.0 Å². The predicted molar refractivity (Wildman–Crippen MR) is 104 cm³/mol. The lowest BCUT2D eigenvalue weighted by Gasteiger charge is -2.13. The molecule has 27 heavy (non-hydrogen) atoms. The van der Waals surface area contributed by atoms with Crippen molar-refractivity contribution in [1.29, 1.82) is 0 Å². The normalized spacial score (nSPS) is 11.0. The molecule has 0 unspecified atom stereocenters. The summed E-state index contributed by atoms with van der Waals surface area (Å²) in [4.78, 5) is 25.3. The van der Waals surface area contributed by atoms with Crippen LogP contribution in [-0.2, 0) is 14.8 Å². The number of hydrogen-bond donors (Lipinski definition) is 2. The second-order valence-corrected chi connectivity index (χ2v) is 8.08. The highest BCUT2D eigenvalue weighted by atomic mass is 32.2. The molecule has 0 spiro atoms. The third-order valence-electron chi connectivity index (χ3n) is 3.91. The number of likely N-dealkylation sites (N-methyl/N-ethyl adjacent to an activating group) is 1. The van der Waals surface area contributed by atoms with E-state index in [0.29, 0.717) is 5.56 Å². The molecular weight excluding hydrogens is 366 g/mol. The molecule has 0 saturated carbocycles. The number of nitrogens with one attached hydrogen (secondary N) is 2. The van der Waals surface area contributed by atoms with Gasteiger partial charge in [-0.2, -0.15) is 0 Å². The van der Waals surface area contributed by atoms with Crippen LogP contribution in [0.5, 0.6) is 0 Å². The number of anilines is 1. The van der Waals surface area contributed by atoms with Crippen molar-refractivity contribution in [2.75, 3.05) is 25.4 Å². The minimum atomic E-state index is -3.79. The molecule has 0 atom stereocenters. The molecule has 0 fully saturated rings. The van der Waals surface area contributed by atoms with Crippen LogP contribution >= 0.6 is 0 Å². The average Bonchev–Trinajstić information content (AvgIpc) is 2.61. The van der Waals surface area contributed by atoms with Gasteiger partial charge in [0.25, 0.3) is 15.9 Å². The maximum atomic E-state index is 12.7. The van der Waals surface area contributed by atoms with Crippen LogP contribution in [0.2, 0.25) is 0 Å². The van der Waals surface area contributed by atoms with E-state index in [1.165, 1.54) is 11.0 Å². The third-order valence-corrected chi connectivity index (χ3v) is 5.43. The van der Waals surface area contributed by atoms with Gasteiger partial charge >= 0.3 is 0 Å². The number of rotatable bonds is 6. The highest BCUT2D eigenvalue weighted by Crippen LogP contribution is 2.21. The lowest BCUT2D eigenvalue weighted by atomic mass is 10.2. The number of sulfonamides is 1. The number of carbonyl (C=O) groups is 2. The summed E-state index contributed by atoms with van der Waals surface area (Å²) in [6.07, 6.45) is 0. The van der Waals surface area contributed by atoms with E-state index in [9.17, 15) is 18.0 Å². The maximum Gasteiger partial charge on any atom is 0.262 e. The van der Waals surface area contributed by atoms with Gasteiger partial charge in [-0.1, -0.05) is 18.2 Å². The van der Waals surface area contributed by atoms with E-state index >= 15 is 0 Å². The van der Waals surface area contributed by atoms with Gasteiger partial charge in [0.15, 0.2) is 0 Å². The second kappa shape index (κ2) is 8.22. The molecule has 0 heterocycles. The monoisotopic (exact) mass is 389 g/mol. The topological polar surface area (TPSA) is 95.6 Å². The van der Waals surface area contributed by atoms with Crippen LogP contribution in [0.4, 0.5) is 5.69 Å². The molecule has 0 aliphatic heterocycles. The quantitative estimate of drug-likeness (QED) is 0.789. The van der Waals surface area contributed by atoms with E-state index in [-0.39, 0.29) is 28.6 Å². The van der Waals surface area contributed by atoms with E-state index in [1.807, 2.05) is 13.0 Å². The molecule has 2 aromatic carbocycles. The Bertz CT molecular complexity index is 969. The molecular formula is C19H23N3O4S. The first-order chi connectivity index (χ1) is 12.6. The minimum Gasteiger partial charge on any atom is -0.347 e. The van der Waals surface area contributed by atoms with Crippen molar-refractivity contribution in [1.82, 2.24) is 10.2 Å². The number of carbonyl (C=O) groups excluding carboxylic acids is 2. The van der Waals surface area contributed by atoms with Crippen LogP contribution in [-0.4, -0.2) is 45.8 Å². The molecule has 0 aromatic heterocycles. The van der Waals surface area contributed by atoms with Crippen molar-refractivity contribution in [3.63, 3.8) is 0 Å². The fraction of sp³-hybridized carbons (Fsp3) is 0.263. The zero-order valence-electron chi connectivity index (χ0n) is 15.7. The summed E-state index contributed by atoms with van der Waals surface area (Å²) in [5.74, 6) is -0.701. The zero-order chi connectivity index (χ0) is 20.2. The fourth-order valence-electron chi connectivity index (χ4n) is 2.35. The highest BCUT2D eigenvalue weighted by Gasteiger charge is 2.18. The van der Waals surface area contributed by atoms with Gasteiger partial charge in [-0.25, -0.2) is 8.42 Å². The van der Waals surface area contributed by atoms with Crippen LogP contribution in [0.15, 0.2) is 47.4 Å². The summed E-state index contributed by atoms with van der Waals surface area (Å²) in [5, 5.41) is 2.51. The zero-order valence-corrected chi connectivity index (χ0v) is 16.6. The van der Waals surface area contributed by atoms with E-state index in [0.717, 1.165) is 5.56 Å². The Kier molecular flexibility index (Phi) is 6.22. The Balaban J connectivity index is 2.19. The summed E-state index contributed by atoms with van der Waals surface area (Å²) in [6, 6.07) is 11.3. The fourth-order valence-corrected chi connectivity index (χ4v) is 3.73. The first-order valence-corrected chi connectivity index (χ1v) is 9.77. The van der Waals surface area contributed by atoms with E-state index < -0.39 is 15.9 Å². The lowest BCUT2D eigenvalue weighted by molar-refractivity contribution is -0.127. The van der Waals surface area contributed by atoms with Crippen LogP contribution in [0.25, 0.3) is 0 Å². The van der Waals surface area contributed by atoms with Crippen LogP contribution in [0, 0.1) is 13.8 Å². The number of nitrogens with zero attached hydrogens (tertiary/aromatic N) is 1. The Morgan fingerprint density at radius 3 is 2.41 bits per heavy atom. The molecule has 144 valence electrons. The summed E-state index contributed by atoms with van der Waals surface area (Å²) >= 11 is 0. The Labute approximate surface area is 159 Å². The largest absolute Gasteiger partial charge is 0.347 e. The average molecular weight is 389 g/mol. The minimum absolute atomic E-state index is 0.135. The molecule has 2 aromatic rings. The van der Waals surface area contributed by atoms with Crippen LogP contribution in [0.3, 0.4) is 0 Å². The lowest BCUT2D eigenvalue weighted by Crippen LogP contribution is -2.36. The summed E-state index contributed by atoms with van der Waals surface area (Å²) < 4.78 is 27.9. The summed E-state index contributed by atoms with van der Waals surface area (Å²) in [6.45, 7) is 3.41. The van der Waals surface area contributed by atoms with Crippen LogP contribution in [0.1, 0.15) is 21.5 Å². The van der Waals surface area contributed by atoms with Crippen molar-refractivity contribution in [3.8, 4) is 0 Å². The van der Waals surface area contributed by atoms with Crippen molar-refractivity contribution in [2.45, 2.75) is 18.7 Å². The molecule has 2 N–H and O–H groups in total.